The molecule has 1 heterocycles. The van der Waals surface area contributed by atoms with E-state index in [1.807, 2.05) is 24.3 Å². The van der Waals surface area contributed by atoms with E-state index in [1.54, 1.807) is 22.8 Å². The number of anilines is 1. The van der Waals surface area contributed by atoms with Gasteiger partial charge in [-0.3, -0.25) is 4.79 Å². The lowest BCUT2D eigenvalue weighted by Crippen LogP contribution is -2.26. The molecule has 0 aliphatic carbocycles. The number of aromatic nitrogens is 1. The Labute approximate surface area is 104 Å². The number of nitrogens with zero attached hydrogens (tertiary/aromatic N) is 2. The highest BCUT2D eigenvalue weighted by atomic mass is 32.1. The van der Waals surface area contributed by atoms with E-state index in [-0.39, 0.29) is 5.91 Å². The van der Waals surface area contributed by atoms with E-state index in [0.717, 1.165) is 5.56 Å². The van der Waals surface area contributed by atoms with E-state index in [1.165, 1.54) is 11.3 Å². The van der Waals surface area contributed by atoms with Gasteiger partial charge in [0, 0.05) is 24.7 Å². The number of carbonyl (C=O) groups excluding carboxylic acids is 1. The van der Waals surface area contributed by atoms with E-state index < -0.39 is 0 Å². The maximum Gasteiger partial charge on any atom is 0.273 e. The molecule has 17 heavy (non-hydrogen) atoms. The maximum absolute atomic E-state index is 12.0. The van der Waals surface area contributed by atoms with Crippen LogP contribution in [0.4, 0.5) is 5.69 Å². The average molecular weight is 247 g/mol. The molecule has 0 aliphatic rings. The number of amides is 1. The largest absolute Gasteiger partial charge is 0.398 e. The molecule has 0 saturated heterocycles. The molecule has 4 nitrogen and oxygen atoms in total. The Kier molecular flexibility index (Phi) is 3.39. The van der Waals surface area contributed by atoms with Gasteiger partial charge in [0.1, 0.15) is 5.69 Å². The predicted octanol–water partition coefficient (Wildman–Crippen LogP) is 2.00. The fourth-order valence-electron chi connectivity index (χ4n) is 1.52. The first kappa shape index (κ1) is 11.6. The van der Waals surface area contributed by atoms with Crippen molar-refractivity contribution in [3.8, 4) is 0 Å². The molecule has 1 amide bonds. The third kappa shape index (κ3) is 2.62. The number of hydrogen-bond acceptors (Lipinski definition) is 4. The normalized spacial score (nSPS) is 10.2. The monoisotopic (exact) mass is 247 g/mol. The lowest BCUT2D eigenvalue weighted by molar-refractivity contribution is 0.0780. The predicted molar refractivity (Wildman–Crippen MR) is 68.8 cm³/mol. The van der Waals surface area contributed by atoms with Crippen LogP contribution in [-0.4, -0.2) is 22.8 Å². The van der Waals surface area contributed by atoms with E-state index in [4.69, 9.17) is 5.73 Å². The Morgan fingerprint density at radius 1 is 1.47 bits per heavy atom. The molecule has 0 atom stereocenters. The highest BCUT2D eigenvalue weighted by molar-refractivity contribution is 7.07. The van der Waals surface area contributed by atoms with Crippen molar-refractivity contribution in [1.29, 1.82) is 0 Å². The lowest BCUT2D eigenvalue weighted by Gasteiger charge is -2.17. The molecule has 1 aromatic carbocycles. The van der Waals surface area contributed by atoms with Gasteiger partial charge in [0.2, 0.25) is 0 Å². The summed E-state index contributed by atoms with van der Waals surface area (Å²) in [6.07, 6.45) is 0. The number of carbonyl (C=O) groups is 1. The Bertz CT molecular complexity index is 510. The third-order valence-corrected chi connectivity index (χ3v) is 3.05. The van der Waals surface area contributed by atoms with Gasteiger partial charge < -0.3 is 10.6 Å². The Morgan fingerprint density at radius 2 is 2.24 bits per heavy atom. The first-order chi connectivity index (χ1) is 8.18. The molecule has 1 aromatic heterocycles. The highest BCUT2D eigenvalue weighted by Crippen LogP contribution is 2.14. The molecular weight excluding hydrogens is 234 g/mol. The zero-order chi connectivity index (χ0) is 12.3. The van der Waals surface area contributed by atoms with Crippen LogP contribution in [-0.2, 0) is 6.54 Å². The SMILES string of the molecule is CN(Cc1ccccc1N)C(=O)c1cscn1. The first-order valence-corrected chi connectivity index (χ1v) is 6.10. The van der Waals surface area contributed by atoms with Crippen LogP contribution < -0.4 is 5.73 Å². The van der Waals surface area contributed by atoms with E-state index in [9.17, 15) is 4.79 Å². The number of nitrogens with two attached hydrogens (primary N) is 1. The van der Waals surface area contributed by atoms with Crippen molar-refractivity contribution >= 4 is 22.9 Å². The first-order valence-electron chi connectivity index (χ1n) is 5.15. The Balaban J connectivity index is 2.10. The zero-order valence-electron chi connectivity index (χ0n) is 9.46. The third-order valence-electron chi connectivity index (χ3n) is 2.46. The maximum atomic E-state index is 12.0. The van der Waals surface area contributed by atoms with Gasteiger partial charge in [-0.15, -0.1) is 11.3 Å². The van der Waals surface area contributed by atoms with Gasteiger partial charge in [-0.1, -0.05) is 18.2 Å². The number of hydrogen-bond donors (Lipinski definition) is 1. The zero-order valence-corrected chi connectivity index (χ0v) is 10.3. The van der Waals surface area contributed by atoms with Crippen LogP contribution in [0.5, 0.6) is 0 Å². The number of nitrogen functional groups attached to an aromatic ring is 1. The van der Waals surface area contributed by atoms with Crippen molar-refractivity contribution in [1.82, 2.24) is 9.88 Å². The molecular formula is C12H13N3OS. The number of rotatable bonds is 3. The van der Waals surface area contributed by atoms with Crippen LogP contribution in [0.3, 0.4) is 0 Å². The number of para-hydroxylation sites is 1. The molecule has 88 valence electrons. The second-order valence-electron chi connectivity index (χ2n) is 3.73. The van der Waals surface area contributed by atoms with Gasteiger partial charge in [0.05, 0.1) is 5.51 Å². The van der Waals surface area contributed by atoms with E-state index >= 15 is 0 Å². The van der Waals surface area contributed by atoms with Crippen molar-refractivity contribution < 1.29 is 4.79 Å². The standard InChI is InChI=1S/C12H13N3OS/c1-15(12(16)11-7-17-8-14-11)6-9-4-2-3-5-10(9)13/h2-5,7-8H,6,13H2,1H3. The van der Waals surface area contributed by atoms with Crippen LogP contribution in [0.1, 0.15) is 16.1 Å². The summed E-state index contributed by atoms with van der Waals surface area (Å²) in [7, 11) is 1.74. The average Bonchev–Trinajstić information content (AvgIpc) is 2.84. The number of thiazole rings is 1. The summed E-state index contributed by atoms with van der Waals surface area (Å²) < 4.78 is 0. The topological polar surface area (TPSA) is 59.2 Å². The number of benzene rings is 1. The second kappa shape index (κ2) is 4.97. The van der Waals surface area contributed by atoms with Gasteiger partial charge >= 0.3 is 0 Å². The van der Waals surface area contributed by atoms with Crippen LogP contribution in [0.25, 0.3) is 0 Å². The minimum Gasteiger partial charge on any atom is -0.398 e. The van der Waals surface area contributed by atoms with Crippen LogP contribution in [0.2, 0.25) is 0 Å². The van der Waals surface area contributed by atoms with Crippen molar-refractivity contribution in [3.63, 3.8) is 0 Å². The molecule has 0 spiro atoms. The van der Waals surface area contributed by atoms with Crippen LogP contribution in [0.15, 0.2) is 35.2 Å². The molecule has 0 fully saturated rings. The smallest absolute Gasteiger partial charge is 0.273 e. The summed E-state index contributed by atoms with van der Waals surface area (Å²) in [6.45, 7) is 0.489. The molecule has 0 saturated carbocycles. The molecule has 0 unspecified atom stereocenters. The van der Waals surface area contributed by atoms with Crippen molar-refractivity contribution in [2.75, 3.05) is 12.8 Å². The van der Waals surface area contributed by atoms with Crippen molar-refractivity contribution in [3.05, 3.63) is 46.4 Å². The summed E-state index contributed by atoms with van der Waals surface area (Å²) in [5.41, 5.74) is 9.61. The molecule has 2 rings (SSSR count). The summed E-state index contributed by atoms with van der Waals surface area (Å²) >= 11 is 1.41. The fraction of sp³-hybridized carbons (Fsp3) is 0.167. The molecule has 5 heteroatoms. The van der Waals surface area contributed by atoms with E-state index in [0.29, 0.717) is 17.9 Å². The van der Waals surface area contributed by atoms with Gasteiger partial charge in [-0.05, 0) is 11.6 Å². The van der Waals surface area contributed by atoms with Crippen LogP contribution >= 0.6 is 11.3 Å². The van der Waals surface area contributed by atoms with Crippen molar-refractivity contribution in [2.24, 2.45) is 0 Å². The molecule has 2 aromatic rings. The molecule has 2 N–H and O–H groups in total. The highest BCUT2D eigenvalue weighted by Gasteiger charge is 2.14. The van der Waals surface area contributed by atoms with Gasteiger partial charge in [-0.2, -0.15) is 0 Å². The summed E-state index contributed by atoms with van der Waals surface area (Å²) in [5, 5.41) is 1.74. The van der Waals surface area contributed by atoms with E-state index in [2.05, 4.69) is 4.98 Å². The van der Waals surface area contributed by atoms with Gasteiger partial charge in [0.15, 0.2) is 0 Å². The van der Waals surface area contributed by atoms with Crippen molar-refractivity contribution in [2.45, 2.75) is 6.54 Å². The fourth-order valence-corrected chi connectivity index (χ4v) is 2.05. The summed E-state index contributed by atoms with van der Waals surface area (Å²) in [6, 6.07) is 7.53. The summed E-state index contributed by atoms with van der Waals surface area (Å²) in [5.74, 6) is -0.0884. The van der Waals surface area contributed by atoms with Gasteiger partial charge in [-0.25, -0.2) is 4.98 Å². The van der Waals surface area contributed by atoms with Gasteiger partial charge in [0.25, 0.3) is 5.91 Å². The quantitative estimate of drug-likeness (QED) is 0.844. The second-order valence-corrected chi connectivity index (χ2v) is 4.45. The minimum absolute atomic E-state index is 0.0884. The summed E-state index contributed by atoms with van der Waals surface area (Å²) in [4.78, 5) is 17.6. The molecule has 0 radical (unpaired) electrons. The molecule has 0 aliphatic heterocycles. The Hall–Kier alpha value is -1.88. The van der Waals surface area contributed by atoms with Crippen LogP contribution in [0, 0.1) is 0 Å². The Morgan fingerprint density at radius 3 is 2.88 bits per heavy atom. The molecule has 0 bridgehead atoms. The lowest BCUT2D eigenvalue weighted by atomic mass is 10.1. The minimum atomic E-state index is -0.0884.